The lowest BCUT2D eigenvalue weighted by atomic mass is 10.1. The van der Waals surface area contributed by atoms with E-state index in [1.54, 1.807) is 14.2 Å². The summed E-state index contributed by atoms with van der Waals surface area (Å²) < 4.78 is 10.7. The topological polar surface area (TPSA) is 62.8 Å². The second-order valence-corrected chi connectivity index (χ2v) is 6.26. The maximum Gasteiger partial charge on any atom is 0.234 e. The van der Waals surface area contributed by atoms with Gasteiger partial charge in [-0.3, -0.25) is 9.69 Å². The highest BCUT2D eigenvalue weighted by molar-refractivity contribution is 5.85. The molecule has 1 amide bonds. The number of carbonyl (C=O) groups excluding carboxylic acids is 1. The Balaban J connectivity index is 0.00000312. The Bertz CT molecular complexity index is 556. The average molecular weight is 372 g/mol. The monoisotopic (exact) mass is 371 g/mol. The quantitative estimate of drug-likeness (QED) is 0.767. The minimum absolute atomic E-state index is 0. The van der Waals surface area contributed by atoms with Crippen LogP contribution in [0.5, 0.6) is 11.5 Å². The number of methoxy groups -OCH3 is 2. The van der Waals surface area contributed by atoms with Gasteiger partial charge in [0.1, 0.15) is 11.5 Å². The number of carbonyl (C=O) groups is 1. The van der Waals surface area contributed by atoms with Crippen molar-refractivity contribution in [1.29, 1.82) is 0 Å². The van der Waals surface area contributed by atoms with Crippen LogP contribution in [0.25, 0.3) is 0 Å². The zero-order valence-corrected chi connectivity index (χ0v) is 16.3. The lowest BCUT2D eigenvalue weighted by molar-refractivity contribution is -0.123. The molecule has 25 heavy (non-hydrogen) atoms. The second kappa shape index (κ2) is 10.5. The van der Waals surface area contributed by atoms with Gasteiger partial charge in [-0.05, 0) is 51.6 Å². The molecule has 0 radical (unpaired) electrons. The van der Waals surface area contributed by atoms with Crippen molar-refractivity contribution in [3.8, 4) is 11.5 Å². The molecule has 2 rings (SSSR count). The highest BCUT2D eigenvalue weighted by Gasteiger charge is 2.22. The van der Waals surface area contributed by atoms with Crippen LogP contribution in [-0.4, -0.2) is 57.8 Å². The fourth-order valence-electron chi connectivity index (χ4n) is 3.18. The van der Waals surface area contributed by atoms with E-state index in [1.165, 1.54) is 6.42 Å². The first-order valence-electron chi connectivity index (χ1n) is 8.48. The molecule has 7 heteroatoms. The normalized spacial score (nSPS) is 18.8. The van der Waals surface area contributed by atoms with E-state index in [0.29, 0.717) is 12.6 Å². The number of ether oxygens (including phenoxy) is 2. The molecule has 6 nitrogen and oxygen atoms in total. The van der Waals surface area contributed by atoms with Crippen molar-refractivity contribution in [3.63, 3.8) is 0 Å². The van der Waals surface area contributed by atoms with Crippen molar-refractivity contribution in [2.45, 2.75) is 31.8 Å². The zero-order valence-electron chi connectivity index (χ0n) is 15.5. The Labute approximate surface area is 156 Å². The van der Waals surface area contributed by atoms with Crippen molar-refractivity contribution in [2.75, 3.05) is 40.9 Å². The van der Waals surface area contributed by atoms with Gasteiger partial charge in [0.2, 0.25) is 5.91 Å². The summed E-state index contributed by atoms with van der Waals surface area (Å²) in [5.74, 6) is 1.53. The zero-order chi connectivity index (χ0) is 17.5. The molecule has 0 spiro atoms. The fourth-order valence-corrected chi connectivity index (χ4v) is 3.18. The van der Waals surface area contributed by atoms with Gasteiger partial charge >= 0.3 is 0 Å². The molecule has 2 unspecified atom stereocenters. The third kappa shape index (κ3) is 6.06. The number of benzene rings is 1. The molecule has 2 N–H and O–H groups in total. The summed E-state index contributed by atoms with van der Waals surface area (Å²) in [7, 11) is 5.24. The average Bonchev–Trinajstić information content (AvgIpc) is 2.61. The first kappa shape index (κ1) is 21.5. The van der Waals surface area contributed by atoms with Crippen LogP contribution in [0, 0.1) is 0 Å². The molecule has 142 valence electrons. The molecule has 0 saturated carbocycles. The van der Waals surface area contributed by atoms with Gasteiger partial charge in [-0.2, -0.15) is 0 Å². The van der Waals surface area contributed by atoms with Crippen LogP contribution in [0.15, 0.2) is 18.2 Å². The summed E-state index contributed by atoms with van der Waals surface area (Å²) in [6.45, 7) is 4.28. The van der Waals surface area contributed by atoms with E-state index < -0.39 is 0 Å². The van der Waals surface area contributed by atoms with E-state index in [9.17, 15) is 4.79 Å². The summed E-state index contributed by atoms with van der Waals surface area (Å²) in [6, 6.07) is 5.94. The Morgan fingerprint density at radius 2 is 2.12 bits per heavy atom. The Morgan fingerprint density at radius 3 is 2.76 bits per heavy atom. The van der Waals surface area contributed by atoms with Crippen molar-refractivity contribution < 1.29 is 14.3 Å². The fraction of sp³-hybridized carbons (Fsp3) is 0.611. The van der Waals surface area contributed by atoms with Gasteiger partial charge in [-0.1, -0.05) is 0 Å². The minimum atomic E-state index is -0.146. The predicted molar refractivity (Wildman–Crippen MR) is 102 cm³/mol. The molecule has 1 heterocycles. The Kier molecular flexibility index (Phi) is 9.03. The van der Waals surface area contributed by atoms with Crippen molar-refractivity contribution >= 4 is 18.3 Å². The molecule has 2 atom stereocenters. The van der Waals surface area contributed by atoms with E-state index in [-0.39, 0.29) is 24.4 Å². The number of rotatable bonds is 7. The number of halogens is 1. The molecule has 1 aliphatic heterocycles. The van der Waals surface area contributed by atoms with Gasteiger partial charge in [-0.25, -0.2) is 0 Å². The number of amides is 1. The Hall–Kier alpha value is -1.50. The standard InChI is InChI=1S/C18H29N3O3.ClH/c1-13(16-10-15(23-3)7-8-17(16)24-4)20-18(22)12-21-9-5-6-14(11-21)19-2;/h7-8,10,13-14,19H,5-6,9,11-12H2,1-4H3,(H,20,22);1H. The van der Waals surface area contributed by atoms with Gasteiger partial charge in [0.05, 0.1) is 26.8 Å². The second-order valence-electron chi connectivity index (χ2n) is 6.26. The van der Waals surface area contributed by atoms with E-state index in [4.69, 9.17) is 9.47 Å². The van der Waals surface area contributed by atoms with Crippen LogP contribution in [0.1, 0.15) is 31.4 Å². The van der Waals surface area contributed by atoms with E-state index >= 15 is 0 Å². The number of hydrogen-bond acceptors (Lipinski definition) is 5. The highest BCUT2D eigenvalue weighted by Crippen LogP contribution is 2.29. The molecule has 1 aromatic carbocycles. The number of hydrogen-bond donors (Lipinski definition) is 2. The molecule has 0 aliphatic carbocycles. The predicted octanol–water partition coefficient (Wildman–Crippen LogP) is 1.99. The summed E-state index contributed by atoms with van der Waals surface area (Å²) in [5.41, 5.74) is 0.914. The summed E-state index contributed by atoms with van der Waals surface area (Å²) in [5, 5.41) is 6.36. The first-order valence-corrected chi connectivity index (χ1v) is 8.48. The van der Waals surface area contributed by atoms with Gasteiger partial charge < -0.3 is 20.1 Å². The molecule has 1 aromatic rings. The van der Waals surface area contributed by atoms with Crippen LogP contribution in [0.2, 0.25) is 0 Å². The van der Waals surface area contributed by atoms with E-state index in [0.717, 1.165) is 36.6 Å². The SMILES string of the molecule is CNC1CCCN(CC(=O)NC(C)c2cc(OC)ccc2OC)C1.Cl. The van der Waals surface area contributed by atoms with Crippen LogP contribution < -0.4 is 20.1 Å². The van der Waals surface area contributed by atoms with Crippen molar-refractivity contribution in [2.24, 2.45) is 0 Å². The molecular weight excluding hydrogens is 342 g/mol. The lowest BCUT2D eigenvalue weighted by Gasteiger charge is -2.32. The third-order valence-electron chi connectivity index (χ3n) is 4.56. The maximum atomic E-state index is 12.4. The molecular formula is C18H30ClN3O3. The van der Waals surface area contributed by atoms with Crippen molar-refractivity contribution in [3.05, 3.63) is 23.8 Å². The van der Waals surface area contributed by atoms with Crippen LogP contribution in [-0.2, 0) is 4.79 Å². The number of likely N-dealkylation sites (tertiary alicyclic amines) is 1. The molecule has 0 aromatic heterocycles. The van der Waals surface area contributed by atoms with Crippen molar-refractivity contribution in [1.82, 2.24) is 15.5 Å². The number of nitrogens with one attached hydrogen (secondary N) is 2. The molecule has 1 aliphatic rings. The molecule has 1 saturated heterocycles. The number of nitrogens with zero attached hydrogens (tertiary/aromatic N) is 1. The first-order chi connectivity index (χ1) is 11.6. The smallest absolute Gasteiger partial charge is 0.234 e. The maximum absolute atomic E-state index is 12.4. The molecule has 1 fully saturated rings. The largest absolute Gasteiger partial charge is 0.497 e. The summed E-state index contributed by atoms with van der Waals surface area (Å²) in [6.07, 6.45) is 2.30. The van der Waals surface area contributed by atoms with Crippen LogP contribution >= 0.6 is 12.4 Å². The van der Waals surface area contributed by atoms with E-state index in [1.807, 2.05) is 32.2 Å². The molecule has 0 bridgehead atoms. The minimum Gasteiger partial charge on any atom is -0.497 e. The van der Waals surface area contributed by atoms with E-state index in [2.05, 4.69) is 15.5 Å². The van der Waals surface area contributed by atoms with Gasteiger partial charge in [0.15, 0.2) is 0 Å². The third-order valence-corrected chi connectivity index (χ3v) is 4.56. The Morgan fingerprint density at radius 1 is 1.36 bits per heavy atom. The lowest BCUT2D eigenvalue weighted by Crippen LogP contribution is -2.48. The summed E-state index contributed by atoms with van der Waals surface area (Å²) in [4.78, 5) is 14.6. The highest BCUT2D eigenvalue weighted by atomic mass is 35.5. The van der Waals surface area contributed by atoms with Gasteiger partial charge in [0.25, 0.3) is 0 Å². The number of piperidine rings is 1. The number of likely N-dealkylation sites (N-methyl/N-ethyl adjacent to an activating group) is 1. The van der Waals surface area contributed by atoms with Crippen LogP contribution in [0.3, 0.4) is 0 Å². The van der Waals surface area contributed by atoms with Gasteiger partial charge in [0, 0.05) is 18.2 Å². The van der Waals surface area contributed by atoms with Crippen LogP contribution in [0.4, 0.5) is 0 Å². The van der Waals surface area contributed by atoms with Gasteiger partial charge in [-0.15, -0.1) is 12.4 Å². The summed E-state index contributed by atoms with van der Waals surface area (Å²) >= 11 is 0.